The van der Waals surface area contributed by atoms with Gasteiger partial charge >= 0.3 is 0 Å². The predicted octanol–water partition coefficient (Wildman–Crippen LogP) is 1.59. The second-order valence-electron chi connectivity index (χ2n) is 4.79. The molecule has 1 fully saturated rings. The average molecular weight is 246 g/mol. The molecule has 0 aliphatic carbocycles. The molecular weight excluding hydrogens is 228 g/mol. The maximum atomic E-state index is 11.2. The highest BCUT2D eigenvalue weighted by Crippen LogP contribution is 2.23. The highest BCUT2D eigenvalue weighted by molar-refractivity contribution is 5.94. The van der Waals surface area contributed by atoms with Crippen molar-refractivity contribution in [3.05, 3.63) is 29.8 Å². The van der Waals surface area contributed by atoms with Gasteiger partial charge in [0.15, 0.2) is 5.78 Å². The quantitative estimate of drug-likeness (QED) is 0.824. The van der Waals surface area contributed by atoms with Crippen LogP contribution < -0.4 is 10.6 Å². The van der Waals surface area contributed by atoms with Gasteiger partial charge < -0.3 is 10.6 Å². The molecule has 1 atom stereocenters. The maximum Gasteiger partial charge on any atom is 0.222 e. The Labute approximate surface area is 107 Å². The summed E-state index contributed by atoms with van der Waals surface area (Å²) in [5.41, 5.74) is 7.12. The van der Waals surface area contributed by atoms with Crippen molar-refractivity contribution in [1.29, 1.82) is 0 Å². The van der Waals surface area contributed by atoms with E-state index in [9.17, 15) is 9.59 Å². The summed E-state index contributed by atoms with van der Waals surface area (Å²) in [5, 5.41) is 0. The van der Waals surface area contributed by atoms with Gasteiger partial charge in [0.2, 0.25) is 5.91 Å². The number of nitrogens with two attached hydrogens (primary N) is 1. The molecule has 18 heavy (non-hydrogen) atoms. The maximum absolute atomic E-state index is 11.2. The molecule has 1 saturated heterocycles. The Hall–Kier alpha value is -1.84. The Morgan fingerprint density at radius 2 is 1.94 bits per heavy atom. The van der Waals surface area contributed by atoms with E-state index in [1.54, 1.807) is 6.92 Å². The van der Waals surface area contributed by atoms with Crippen molar-refractivity contribution in [3.63, 3.8) is 0 Å². The molecule has 1 aliphatic heterocycles. The van der Waals surface area contributed by atoms with Crippen LogP contribution in [-0.2, 0) is 4.79 Å². The summed E-state index contributed by atoms with van der Waals surface area (Å²) in [6, 6.07) is 7.51. The number of piperidine rings is 1. The third-order valence-electron chi connectivity index (χ3n) is 3.46. The molecule has 0 radical (unpaired) electrons. The number of Topliss-reactive ketones (excluding diaryl/α,β-unsaturated/α-hetero) is 1. The lowest BCUT2D eigenvalue weighted by Gasteiger charge is -2.33. The first kappa shape index (κ1) is 12.6. The Kier molecular flexibility index (Phi) is 3.65. The van der Waals surface area contributed by atoms with Crippen LogP contribution in [-0.4, -0.2) is 24.8 Å². The molecule has 0 aromatic heterocycles. The van der Waals surface area contributed by atoms with Gasteiger partial charge in [-0.3, -0.25) is 9.59 Å². The molecule has 1 aromatic rings. The Morgan fingerprint density at radius 1 is 1.28 bits per heavy atom. The van der Waals surface area contributed by atoms with Crippen LogP contribution in [0, 0.1) is 5.92 Å². The van der Waals surface area contributed by atoms with E-state index in [1.165, 1.54) is 0 Å². The summed E-state index contributed by atoms with van der Waals surface area (Å²) < 4.78 is 0. The summed E-state index contributed by atoms with van der Waals surface area (Å²) in [5.74, 6) is -0.221. The number of primary amides is 1. The summed E-state index contributed by atoms with van der Waals surface area (Å²) in [6.45, 7) is 3.16. The van der Waals surface area contributed by atoms with Crippen LogP contribution in [0.2, 0.25) is 0 Å². The van der Waals surface area contributed by atoms with Crippen LogP contribution in [0.15, 0.2) is 24.3 Å². The second-order valence-corrected chi connectivity index (χ2v) is 4.79. The fraction of sp³-hybridized carbons (Fsp3) is 0.429. The van der Waals surface area contributed by atoms with E-state index in [2.05, 4.69) is 4.90 Å². The Bertz CT molecular complexity index is 453. The Morgan fingerprint density at radius 3 is 2.50 bits per heavy atom. The molecular formula is C14H18N2O2. The van der Waals surface area contributed by atoms with Crippen LogP contribution >= 0.6 is 0 Å². The van der Waals surface area contributed by atoms with Crippen molar-refractivity contribution in [3.8, 4) is 0 Å². The number of benzene rings is 1. The molecule has 4 nitrogen and oxygen atoms in total. The zero-order valence-corrected chi connectivity index (χ0v) is 10.6. The SMILES string of the molecule is CC(=O)c1ccc(N2CCC[C@H](C(N)=O)C2)cc1. The summed E-state index contributed by atoms with van der Waals surface area (Å²) in [6.07, 6.45) is 1.85. The predicted molar refractivity (Wildman–Crippen MR) is 70.6 cm³/mol. The van der Waals surface area contributed by atoms with Gasteiger partial charge in [-0.05, 0) is 44.0 Å². The van der Waals surface area contributed by atoms with Gasteiger partial charge in [0, 0.05) is 24.3 Å². The number of ketones is 1. The molecule has 2 N–H and O–H groups in total. The largest absolute Gasteiger partial charge is 0.371 e. The van der Waals surface area contributed by atoms with Gasteiger partial charge in [-0.1, -0.05) is 0 Å². The van der Waals surface area contributed by atoms with E-state index in [4.69, 9.17) is 5.73 Å². The number of anilines is 1. The van der Waals surface area contributed by atoms with E-state index < -0.39 is 0 Å². The third kappa shape index (κ3) is 2.70. The van der Waals surface area contributed by atoms with Crippen molar-refractivity contribution in [2.75, 3.05) is 18.0 Å². The minimum absolute atomic E-state index is 0.0637. The molecule has 1 aromatic carbocycles. The second kappa shape index (κ2) is 5.21. The van der Waals surface area contributed by atoms with Crippen molar-refractivity contribution in [2.45, 2.75) is 19.8 Å². The molecule has 0 unspecified atom stereocenters. The number of hydrogen-bond donors (Lipinski definition) is 1. The minimum atomic E-state index is -0.222. The monoisotopic (exact) mass is 246 g/mol. The van der Waals surface area contributed by atoms with Crippen LogP contribution in [0.1, 0.15) is 30.1 Å². The highest BCUT2D eigenvalue weighted by Gasteiger charge is 2.23. The van der Waals surface area contributed by atoms with Crippen molar-refractivity contribution in [1.82, 2.24) is 0 Å². The minimum Gasteiger partial charge on any atom is -0.371 e. The number of hydrogen-bond acceptors (Lipinski definition) is 3. The Balaban J connectivity index is 2.11. The van der Waals surface area contributed by atoms with Crippen molar-refractivity contribution in [2.24, 2.45) is 11.7 Å². The molecule has 0 bridgehead atoms. The topological polar surface area (TPSA) is 63.4 Å². The first-order valence-corrected chi connectivity index (χ1v) is 6.23. The first-order valence-electron chi connectivity index (χ1n) is 6.23. The molecule has 4 heteroatoms. The van der Waals surface area contributed by atoms with Gasteiger partial charge in [0.1, 0.15) is 0 Å². The van der Waals surface area contributed by atoms with Crippen LogP contribution in [0.5, 0.6) is 0 Å². The number of rotatable bonds is 3. The lowest BCUT2D eigenvalue weighted by atomic mass is 9.97. The first-order chi connectivity index (χ1) is 8.58. The third-order valence-corrected chi connectivity index (χ3v) is 3.46. The summed E-state index contributed by atoms with van der Waals surface area (Å²) in [4.78, 5) is 24.6. The smallest absolute Gasteiger partial charge is 0.222 e. The van der Waals surface area contributed by atoms with Gasteiger partial charge in [0.25, 0.3) is 0 Å². The lowest BCUT2D eigenvalue weighted by Crippen LogP contribution is -2.41. The highest BCUT2D eigenvalue weighted by atomic mass is 16.1. The van der Waals surface area contributed by atoms with Crippen LogP contribution in [0.25, 0.3) is 0 Å². The lowest BCUT2D eigenvalue weighted by molar-refractivity contribution is -0.122. The zero-order chi connectivity index (χ0) is 13.1. The van der Waals surface area contributed by atoms with E-state index >= 15 is 0 Å². The normalized spacial score (nSPS) is 19.6. The average Bonchev–Trinajstić information content (AvgIpc) is 2.39. The molecule has 1 amide bonds. The van der Waals surface area contributed by atoms with Gasteiger partial charge in [-0.25, -0.2) is 0 Å². The van der Waals surface area contributed by atoms with Crippen molar-refractivity contribution >= 4 is 17.4 Å². The fourth-order valence-corrected chi connectivity index (χ4v) is 2.35. The molecule has 2 rings (SSSR count). The van der Waals surface area contributed by atoms with Crippen LogP contribution in [0.4, 0.5) is 5.69 Å². The molecule has 0 spiro atoms. The molecule has 0 saturated carbocycles. The van der Waals surface area contributed by atoms with E-state index in [0.717, 1.165) is 25.1 Å². The van der Waals surface area contributed by atoms with Crippen molar-refractivity contribution < 1.29 is 9.59 Å². The molecule has 1 aliphatic rings. The summed E-state index contributed by atoms with van der Waals surface area (Å²) in [7, 11) is 0. The number of carbonyl (C=O) groups is 2. The van der Waals surface area contributed by atoms with Crippen LogP contribution in [0.3, 0.4) is 0 Å². The number of nitrogens with zero attached hydrogens (tertiary/aromatic N) is 1. The van der Waals surface area contributed by atoms with Gasteiger partial charge in [-0.15, -0.1) is 0 Å². The summed E-state index contributed by atoms with van der Waals surface area (Å²) >= 11 is 0. The zero-order valence-electron chi connectivity index (χ0n) is 10.6. The number of carbonyl (C=O) groups excluding carboxylic acids is 2. The molecule has 1 heterocycles. The van der Waals surface area contributed by atoms with E-state index in [1.807, 2.05) is 24.3 Å². The van der Waals surface area contributed by atoms with E-state index in [-0.39, 0.29) is 17.6 Å². The standard InChI is InChI=1S/C14H18N2O2/c1-10(17)11-4-6-13(7-5-11)16-8-2-3-12(9-16)14(15)18/h4-7,12H,2-3,8-9H2,1H3,(H2,15,18)/t12-/m0/s1. The fourth-order valence-electron chi connectivity index (χ4n) is 2.35. The van der Waals surface area contributed by atoms with Gasteiger partial charge in [0.05, 0.1) is 5.92 Å². The number of amides is 1. The molecule has 96 valence electrons. The van der Waals surface area contributed by atoms with E-state index in [0.29, 0.717) is 12.1 Å². The van der Waals surface area contributed by atoms with Gasteiger partial charge in [-0.2, -0.15) is 0 Å².